The molecule has 13 aromatic carbocycles. The van der Waals surface area contributed by atoms with Gasteiger partial charge in [0.15, 0.2) is 8.07 Å². The van der Waals surface area contributed by atoms with E-state index in [1.807, 2.05) is 107 Å². The fourth-order valence-electron chi connectivity index (χ4n) is 12.9. The van der Waals surface area contributed by atoms with Gasteiger partial charge in [-0.2, -0.15) is 0 Å². The van der Waals surface area contributed by atoms with Gasteiger partial charge in [0.2, 0.25) is 0 Å². The lowest BCUT2D eigenvalue weighted by molar-refractivity contribution is -0.571. The molecule has 16 aromatic rings. The maximum absolute atomic E-state index is 11.0. The molecular formula is C96H82N4OSi. The summed E-state index contributed by atoms with van der Waals surface area (Å²) in [6, 6.07) is 5.59. The predicted octanol–water partition coefficient (Wildman–Crippen LogP) is 21.6. The summed E-state index contributed by atoms with van der Waals surface area (Å²) in [5.74, 6) is 1.14. The van der Waals surface area contributed by atoms with E-state index < -0.39 is 266 Å². The minimum Gasteiger partial charge on any atom is -0.458 e. The molecule has 0 atom stereocenters. The lowest BCUT2D eigenvalue weighted by atomic mass is 9.78. The first kappa shape index (κ1) is 38.2. The van der Waals surface area contributed by atoms with Crippen LogP contribution in [0.1, 0.15) is 123 Å². The van der Waals surface area contributed by atoms with Gasteiger partial charge in [0.1, 0.15) is 17.3 Å². The van der Waals surface area contributed by atoms with Crippen LogP contribution in [0, 0.1) is 6.33 Å². The first-order chi connectivity index (χ1) is 62.7. The predicted molar refractivity (Wildman–Crippen MR) is 429 cm³/mol. The molecule has 0 radical (unpaired) electrons. The highest BCUT2D eigenvalue weighted by atomic mass is 28.3. The van der Waals surface area contributed by atoms with Crippen molar-refractivity contribution in [3.8, 4) is 84.3 Å². The van der Waals surface area contributed by atoms with Crippen LogP contribution >= 0.6 is 0 Å². The monoisotopic (exact) mass is 1370 g/mol. The van der Waals surface area contributed by atoms with Crippen molar-refractivity contribution in [1.29, 1.82) is 0 Å². The Morgan fingerprint density at radius 2 is 0.912 bits per heavy atom. The number of hydrogen-bond donors (Lipinski definition) is 0. The average molecular weight is 1370 g/mol. The molecule has 0 aliphatic carbocycles. The average Bonchev–Trinajstić information content (AvgIpc) is 0.680. The topological polar surface area (TPSA) is 35.9 Å². The second-order valence-corrected chi connectivity index (χ2v) is 31.3. The lowest BCUT2D eigenvalue weighted by Crippen LogP contribution is -2.74. The third-order valence-electron chi connectivity index (χ3n) is 18.1. The number of pyridine rings is 1. The zero-order valence-electron chi connectivity index (χ0n) is 89.0. The van der Waals surface area contributed by atoms with Gasteiger partial charge in [-0.1, -0.05) is 310 Å². The number of fused-ring (bicyclic) bond motifs is 4. The molecule has 0 saturated carbocycles. The molecule has 0 N–H and O–H groups in total. The van der Waals surface area contributed by atoms with E-state index in [9.17, 15) is 31.5 Å². The Hall–Kier alpha value is -11.7. The van der Waals surface area contributed by atoms with Gasteiger partial charge in [-0.15, -0.1) is 0 Å². The summed E-state index contributed by atoms with van der Waals surface area (Å²) >= 11 is 0. The van der Waals surface area contributed by atoms with Crippen molar-refractivity contribution in [3.63, 3.8) is 0 Å². The van der Waals surface area contributed by atoms with Gasteiger partial charge in [0.05, 0.1) is 77.3 Å². The molecule has 0 saturated heterocycles. The number of para-hydroxylation sites is 2. The number of nitrogens with zero attached hydrogens (tertiary/aromatic N) is 4. The molecule has 0 unspecified atom stereocenters. The molecule has 0 bridgehead atoms. The van der Waals surface area contributed by atoms with Crippen molar-refractivity contribution in [3.05, 3.63) is 356 Å². The maximum atomic E-state index is 11.0. The summed E-state index contributed by atoms with van der Waals surface area (Å²) in [6.45, 7) is 18.3. The molecular weight excluding hydrogens is 1250 g/mol. The van der Waals surface area contributed by atoms with Gasteiger partial charge in [0.25, 0.3) is 6.33 Å². The molecule has 5 nitrogen and oxygen atoms in total. The van der Waals surface area contributed by atoms with Gasteiger partial charge in [0, 0.05) is 23.0 Å². The van der Waals surface area contributed by atoms with Crippen LogP contribution in [0.3, 0.4) is 0 Å². The molecule has 496 valence electrons. The first-order valence-corrected chi connectivity index (χ1v) is 35.0. The molecule has 0 amide bonds. The quantitative estimate of drug-likeness (QED) is 0.0471. The first-order valence-electron chi connectivity index (χ1n) is 49.0. The van der Waals surface area contributed by atoms with Gasteiger partial charge >= 0.3 is 0 Å². The molecule has 0 fully saturated rings. The number of aromatic nitrogens is 4. The second-order valence-electron chi connectivity index (χ2n) is 27.8. The molecule has 3 heterocycles. The van der Waals surface area contributed by atoms with Crippen LogP contribution in [0.5, 0.6) is 11.5 Å². The summed E-state index contributed by atoms with van der Waals surface area (Å²) in [7, 11) is -6.43. The van der Waals surface area contributed by atoms with Crippen LogP contribution in [0.15, 0.2) is 333 Å². The van der Waals surface area contributed by atoms with Gasteiger partial charge in [-0.25, -0.2) is 4.98 Å². The normalized spacial score (nSPS) is 16.6. The summed E-state index contributed by atoms with van der Waals surface area (Å²) in [6.07, 6.45) is 5.31. The Bertz CT molecular complexity index is 7400. The van der Waals surface area contributed by atoms with Crippen molar-refractivity contribution in [1.82, 2.24) is 14.1 Å². The summed E-state index contributed by atoms with van der Waals surface area (Å²) < 4.78 is 318. The maximum Gasteiger partial charge on any atom is 0.269 e. The van der Waals surface area contributed by atoms with Crippen molar-refractivity contribution in [2.75, 3.05) is 0 Å². The molecule has 3 aromatic heterocycles. The number of imidazole rings is 1. The SMILES string of the molecule is [2H]c1c([2H])c([2H])c(-c2c([2H])c(-c3cccc(-c4cc(C(C)(C)C)cc(C(C)(C)C)c4)c3-[n+]3[c-]n(-c4cccc(Oc5ccc6c7ccccc7n(-c7cc(C(C)(C)C)ccn7)c6c5)c4)c4cc(-c5c([2H])c([2H])c([2H])c([Si](c6c([2H])c([2H])c([2H])c([2H])c6[2H])(c6c([2H])c([2H])c([2H])c([2H])c6[2H])c6c([2H])c([2H])c([2H])c([2H])c6[2H])c5[2H])ccc43)c([2H])c(-c3c([2H])c([2H])c([2H])c([2H])c3[2H])c2[2H])c([2H])c1[2H]. The second kappa shape index (κ2) is 26.1. The molecule has 0 aliphatic heterocycles. The van der Waals surface area contributed by atoms with E-state index in [1.54, 1.807) is 48.7 Å². The van der Waals surface area contributed by atoms with E-state index in [2.05, 4.69) is 33.2 Å². The van der Waals surface area contributed by atoms with Gasteiger partial charge < -0.3 is 4.74 Å². The standard InChI is InChI=1S/C96H82N4OSi/c1-94(2,3)74-52-53-97-92(62-74)100-88-47-26-25-44-86(88)87-50-49-79(64-90(87)100)101-78-36-28-35-77(63-78)98-65-99(89-51-48-69(60-91(89)98)68-34-27-43-83(59-68)102(80-37-19-12-20-38-80,81-39-21-13-22-40-81)82-41-23-14-24-42-82)93-84(45-29-46-85(93)73-57-75(95(4,5)6)61-76(58-73)96(7,8)9)72-55-70(66-30-15-10-16-31-66)54-71(56-72)67-32-17-11-18-33-67/h10-64H,1-9H3/i10D,11D,12D,13D,14D,15D,16D,17D,18D,19D,20D,21D,22D,23D,24D,27D,30D,31D,32D,33D,34D,37D,38D,39D,40D,41D,42D,43D,54D,55D,56D,59D. The Morgan fingerprint density at radius 3 is 1.52 bits per heavy atom. The van der Waals surface area contributed by atoms with E-state index in [0.29, 0.717) is 22.6 Å². The Kier molecular flexibility index (Phi) is 9.78. The van der Waals surface area contributed by atoms with Crippen LogP contribution in [0.4, 0.5) is 0 Å². The van der Waals surface area contributed by atoms with Crippen LogP contribution < -0.4 is 30.1 Å². The zero-order valence-corrected chi connectivity index (χ0v) is 58.0. The largest absolute Gasteiger partial charge is 0.458 e. The van der Waals surface area contributed by atoms with Crippen LogP contribution in [0.25, 0.3) is 106 Å². The Balaban J connectivity index is 1.08. The van der Waals surface area contributed by atoms with Crippen LogP contribution in [0.2, 0.25) is 0 Å². The molecule has 102 heavy (non-hydrogen) atoms. The third-order valence-corrected chi connectivity index (χ3v) is 22.1. The third kappa shape index (κ3) is 12.2. The number of rotatable bonds is 14. The van der Waals surface area contributed by atoms with Crippen LogP contribution in [-0.2, 0) is 16.2 Å². The van der Waals surface area contributed by atoms with Crippen molar-refractivity contribution in [2.45, 2.75) is 78.6 Å². The Labute approximate surface area is 645 Å². The highest BCUT2D eigenvalue weighted by Crippen LogP contribution is 2.43. The van der Waals surface area contributed by atoms with E-state index >= 15 is 0 Å². The van der Waals surface area contributed by atoms with E-state index in [1.165, 1.54) is 33.4 Å². The summed E-state index contributed by atoms with van der Waals surface area (Å²) in [4.78, 5) is 4.88. The van der Waals surface area contributed by atoms with Crippen molar-refractivity contribution >= 4 is 61.7 Å². The highest BCUT2D eigenvalue weighted by molar-refractivity contribution is 7.20. The zero-order chi connectivity index (χ0) is 97.8. The fraction of sp³-hybridized carbons (Fsp3) is 0.125. The highest BCUT2D eigenvalue weighted by Gasteiger charge is 2.41. The molecule has 0 aliphatic rings. The minimum atomic E-state index is -6.43. The van der Waals surface area contributed by atoms with Gasteiger partial charge in [-0.05, 0) is 182 Å². The van der Waals surface area contributed by atoms with Crippen molar-refractivity contribution < 1.29 is 53.2 Å². The van der Waals surface area contributed by atoms with E-state index in [4.69, 9.17) is 22.1 Å². The fourth-order valence-corrected chi connectivity index (χ4v) is 16.5. The van der Waals surface area contributed by atoms with Gasteiger partial charge in [-0.3, -0.25) is 13.7 Å². The van der Waals surface area contributed by atoms with Crippen LogP contribution in [-0.4, -0.2) is 22.2 Å². The number of benzene rings is 13. The molecule has 16 rings (SSSR count). The minimum absolute atomic E-state index is 0.000634. The summed E-state index contributed by atoms with van der Waals surface area (Å²) in [5.41, 5.74) is -0.762. The number of ether oxygens (including phenoxy) is 1. The smallest absolute Gasteiger partial charge is 0.269 e. The number of hydrogen-bond acceptors (Lipinski definition) is 2. The molecule has 6 heteroatoms. The Morgan fingerprint density at radius 1 is 0.382 bits per heavy atom. The van der Waals surface area contributed by atoms with E-state index in [-0.39, 0.29) is 50.3 Å². The van der Waals surface area contributed by atoms with Crippen molar-refractivity contribution in [2.24, 2.45) is 0 Å². The lowest BCUT2D eigenvalue weighted by Gasteiger charge is -2.34. The van der Waals surface area contributed by atoms with E-state index in [0.717, 1.165) is 33.0 Å². The summed E-state index contributed by atoms with van der Waals surface area (Å²) in [5, 5.41) is -2.47. The molecule has 0 spiro atoms.